The standard InChI is InChI=1S/C14H14N4/c1-10-13-9-18(8-12-6-4-3-5-7-12)17-14(13)16-11(2)15-10/h3-7,9H,8H2,1-2H3. The lowest BCUT2D eigenvalue weighted by molar-refractivity contribution is 0.693. The van der Waals surface area contributed by atoms with Crippen LogP contribution < -0.4 is 0 Å². The van der Waals surface area contributed by atoms with Gasteiger partial charge in [0.2, 0.25) is 0 Å². The minimum atomic E-state index is 0.760. The largest absolute Gasteiger partial charge is 0.265 e. The Morgan fingerprint density at radius 3 is 2.61 bits per heavy atom. The van der Waals surface area contributed by atoms with E-state index in [2.05, 4.69) is 27.2 Å². The summed E-state index contributed by atoms with van der Waals surface area (Å²) in [4.78, 5) is 8.71. The Balaban J connectivity index is 2.01. The van der Waals surface area contributed by atoms with Crippen molar-refractivity contribution < 1.29 is 0 Å². The minimum absolute atomic E-state index is 0.760. The molecule has 4 nitrogen and oxygen atoms in total. The molecule has 3 rings (SSSR count). The van der Waals surface area contributed by atoms with Gasteiger partial charge in [-0.3, -0.25) is 4.68 Å². The molecule has 18 heavy (non-hydrogen) atoms. The molecule has 0 saturated carbocycles. The van der Waals surface area contributed by atoms with Gasteiger partial charge in [0, 0.05) is 6.20 Å². The molecule has 0 fully saturated rings. The van der Waals surface area contributed by atoms with Crippen LogP contribution in [0.25, 0.3) is 11.0 Å². The maximum absolute atomic E-state index is 4.50. The third kappa shape index (κ3) is 1.97. The van der Waals surface area contributed by atoms with E-state index in [1.165, 1.54) is 5.56 Å². The van der Waals surface area contributed by atoms with Crippen LogP contribution in [0, 0.1) is 13.8 Å². The lowest BCUT2D eigenvalue weighted by Gasteiger charge is -1.99. The smallest absolute Gasteiger partial charge is 0.184 e. The van der Waals surface area contributed by atoms with Crippen molar-refractivity contribution in [3.63, 3.8) is 0 Å². The average molecular weight is 238 g/mol. The third-order valence-corrected chi connectivity index (χ3v) is 2.92. The summed E-state index contributed by atoms with van der Waals surface area (Å²) in [6.07, 6.45) is 2.01. The number of aromatic nitrogens is 4. The Bertz CT molecular complexity index is 686. The molecule has 0 N–H and O–H groups in total. The van der Waals surface area contributed by atoms with Crippen molar-refractivity contribution in [1.29, 1.82) is 0 Å². The Kier molecular flexibility index (Phi) is 2.55. The molecule has 0 saturated heterocycles. The van der Waals surface area contributed by atoms with Gasteiger partial charge < -0.3 is 0 Å². The second kappa shape index (κ2) is 4.22. The molecule has 0 bridgehead atoms. The molecule has 0 aliphatic rings. The summed E-state index contributed by atoms with van der Waals surface area (Å²) in [5, 5.41) is 5.52. The van der Waals surface area contributed by atoms with E-state index in [4.69, 9.17) is 0 Å². The van der Waals surface area contributed by atoms with Crippen LogP contribution in [-0.4, -0.2) is 19.7 Å². The van der Waals surface area contributed by atoms with Gasteiger partial charge in [-0.25, -0.2) is 9.97 Å². The molecule has 0 spiro atoms. The molecule has 0 radical (unpaired) electrons. The Morgan fingerprint density at radius 1 is 1.06 bits per heavy atom. The van der Waals surface area contributed by atoms with Gasteiger partial charge in [-0.05, 0) is 19.4 Å². The van der Waals surface area contributed by atoms with E-state index in [-0.39, 0.29) is 0 Å². The summed E-state index contributed by atoms with van der Waals surface area (Å²) in [5.41, 5.74) is 2.99. The second-order valence-electron chi connectivity index (χ2n) is 4.41. The van der Waals surface area contributed by atoms with Crippen LogP contribution >= 0.6 is 0 Å². The van der Waals surface area contributed by atoms with Crippen LogP contribution in [0.1, 0.15) is 17.1 Å². The molecule has 0 aliphatic heterocycles. The number of hydrogen-bond donors (Lipinski definition) is 0. The van der Waals surface area contributed by atoms with E-state index in [0.717, 1.165) is 29.1 Å². The number of aryl methyl sites for hydroxylation is 2. The first kappa shape index (κ1) is 10.9. The summed E-state index contributed by atoms with van der Waals surface area (Å²) in [6, 6.07) is 10.3. The maximum Gasteiger partial charge on any atom is 0.184 e. The second-order valence-corrected chi connectivity index (χ2v) is 4.41. The molecule has 0 unspecified atom stereocenters. The van der Waals surface area contributed by atoms with Gasteiger partial charge in [-0.15, -0.1) is 0 Å². The molecule has 2 aromatic heterocycles. The van der Waals surface area contributed by atoms with Crippen LogP contribution in [0.3, 0.4) is 0 Å². The van der Waals surface area contributed by atoms with Crippen molar-refractivity contribution >= 4 is 11.0 Å². The molecule has 90 valence electrons. The maximum atomic E-state index is 4.50. The lowest BCUT2D eigenvalue weighted by Crippen LogP contribution is -1.99. The Labute approximate surface area is 105 Å². The predicted octanol–water partition coefficient (Wildman–Crippen LogP) is 2.49. The molecule has 4 heteroatoms. The average Bonchev–Trinajstić information content (AvgIpc) is 2.73. The van der Waals surface area contributed by atoms with Gasteiger partial charge in [-0.2, -0.15) is 5.10 Å². The number of rotatable bonds is 2. The first-order valence-electron chi connectivity index (χ1n) is 5.95. The summed E-state index contributed by atoms with van der Waals surface area (Å²) in [6.45, 7) is 4.64. The van der Waals surface area contributed by atoms with Crippen molar-refractivity contribution in [1.82, 2.24) is 19.7 Å². The van der Waals surface area contributed by atoms with Crippen molar-refractivity contribution in [2.75, 3.05) is 0 Å². The van der Waals surface area contributed by atoms with E-state index in [0.29, 0.717) is 0 Å². The van der Waals surface area contributed by atoms with Crippen LogP contribution in [0.2, 0.25) is 0 Å². The van der Waals surface area contributed by atoms with Crippen LogP contribution in [0.4, 0.5) is 0 Å². The number of hydrogen-bond acceptors (Lipinski definition) is 3. The molecule has 0 atom stereocenters. The molecular weight excluding hydrogens is 224 g/mol. The number of nitrogens with zero attached hydrogens (tertiary/aromatic N) is 4. The summed E-state index contributed by atoms with van der Waals surface area (Å²) in [7, 11) is 0. The summed E-state index contributed by atoms with van der Waals surface area (Å²) in [5.74, 6) is 0.768. The van der Waals surface area contributed by atoms with Gasteiger partial charge in [0.15, 0.2) is 5.65 Å². The van der Waals surface area contributed by atoms with Crippen molar-refractivity contribution in [2.45, 2.75) is 20.4 Å². The Hall–Kier alpha value is -2.23. The van der Waals surface area contributed by atoms with E-state index >= 15 is 0 Å². The molecule has 2 heterocycles. The minimum Gasteiger partial charge on any atom is -0.265 e. The fraction of sp³-hybridized carbons (Fsp3) is 0.214. The fourth-order valence-electron chi connectivity index (χ4n) is 2.08. The number of fused-ring (bicyclic) bond motifs is 1. The highest BCUT2D eigenvalue weighted by atomic mass is 15.3. The van der Waals surface area contributed by atoms with Crippen LogP contribution in [0.15, 0.2) is 36.5 Å². The summed E-state index contributed by atoms with van der Waals surface area (Å²) >= 11 is 0. The van der Waals surface area contributed by atoms with Gasteiger partial charge in [0.1, 0.15) is 5.82 Å². The fourth-order valence-corrected chi connectivity index (χ4v) is 2.08. The molecular formula is C14H14N4. The van der Waals surface area contributed by atoms with E-state index in [1.54, 1.807) is 0 Å². The van der Waals surface area contributed by atoms with Crippen molar-refractivity contribution in [2.24, 2.45) is 0 Å². The summed E-state index contributed by atoms with van der Waals surface area (Å²) < 4.78 is 1.92. The lowest BCUT2D eigenvalue weighted by atomic mass is 10.2. The van der Waals surface area contributed by atoms with Gasteiger partial charge in [-0.1, -0.05) is 30.3 Å². The monoisotopic (exact) mass is 238 g/mol. The van der Waals surface area contributed by atoms with Crippen molar-refractivity contribution in [3.8, 4) is 0 Å². The number of benzene rings is 1. The first-order valence-corrected chi connectivity index (χ1v) is 5.95. The van der Waals surface area contributed by atoms with Gasteiger partial charge in [0.25, 0.3) is 0 Å². The van der Waals surface area contributed by atoms with Crippen LogP contribution in [-0.2, 0) is 6.54 Å². The third-order valence-electron chi connectivity index (χ3n) is 2.92. The van der Waals surface area contributed by atoms with E-state index < -0.39 is 0 Å². The zero-order chi connectivity index (χ0) is 12.5. The van der Waals surface area contributed by atoms with E-state index in [9.17, 15) is 0 Å². The SMILES string of the molecule is Cc1nc(C)c2cn(Cc3ccccc3)nc2n1. The molecule has 3 aromatic rings. The molecule has 0 amide bonds. The topological polar surface area (TPSA) is 43.6 Å². The van der Waals surface area contributed by atoms with E-state index in [1.807, 2.05) is 42.9 Å². The molecule has 1 aromatic carbocycles. The Morgan fingerprint density at radius 2 is 1.83 bits per heavy atom. The first-order chi connectivity index (χ1) is 8.72. The highest BCUT2D eigenvalue weighted by Gasteiger charge is 2.07. The zero-order valence-electron chi connectivity index (χ0n) is 10.5. The molecule has 0 aliphatic carbocycles. The van der Waals surface area contributed by atoms with Crippen LogP contribution in [0.5, 0.6) is 0 Å². The normalized spacial score (nSPS) is 11.0. The zero-order valence-corrected chi connectivity index (χ0v) is 10.5. The predicted molar refractivity (Wildman–Crippen MR) is 70.3 cm³/mol. The van der Waals surface area contributed by atoms with Gasteiger partial charge in [0.05, 0.1) is 17.6 Å². The quantitative estimate of drug-likeness (QED) is 0.689. The van der Waals surface area contributed by atoms with Crippen molar-refractivity contribution in [3.05, 3.63) is 53.6 Å². The highest BCUT2D eigenvalue weighted by Crippen LogP contribution is 2.14. The van der Waals surface area contributed by atoms with Gasteiger partial charge >= 0.3 is 0 Å². The highest BCUT2D eigenvalue weighted by molar-refractivity contribution is 5.76.